The number of methoxy groups -OCH3 is 1. The van der Waals surface area contributed by atoms with Crippen LogP contribution in [0.3, 0.4) is 0 Å². The standard InChI is InChI=1S/C31H26N6O3/c1-20-32-25-13-7-6-12-24(25)31(38)37(20)36-30-28(35-34-22-10-4-3-5-11-22)29(21-16-18-23(39-2)19-17-21)40-27-15-9-8-14-26(27)33-30/h3-19,28-29H,1-2H3,(H,33,36). The van der Waals surface area contributed by atoms with E-state index in [9.17, 15) is 4.79 Å². The van der Waals surface area contributed by atoms with Crippen molar-refractivity contribution < 1.29 is 9.47 Å². The minimum absolute atomic E-state index is 0.246. The van der Waals surface area contributed by atoms with Crippen molar-refractivity contribution in [1.82, 2.24) is 9.66 Å². The van der Waals surface area contributed by atoms with Gasteiger partial charge in [-0.3, -0.25) is 10.2 Å². The smallest absolute Gasteiger partial charge is 0.280 e. The van der Waals surface area contributed by atoms with Gasteiger partial charge >= 0.3 is 0 Å². The Bertz CT molecular complexity index is 1780. The van der Waals surface area contributed by atoms with Crippen LogP contribution in [0.4, 0.5) is 11.4 Å². The van der Waals surface area contributed by atoms with Gasteiger partial charge in [-0.05, 0) is 61.0 Å². The van der Waals surface area contributed by atoms with E-state index in [1.54, 1.807) is 20.1 Å². The van der Waals surface area contributed by atoms with Crippen LogP contribution < -0.4 is 20.5 Å². The summed E-state index contributed by atoms with van der Waals surface area (Å²) in [5.74, 6) is 2.16. The van der Waals surface area contributed by atoms with Gasteiger partial charge in [0.15, 0.2) is 18.0 Å². The van der Waals surface area contributed by atoms with Gasteiger partial charge in [-0.15, -0.1) is 0 Å². The number of para-hydroxylation sites is 3. The highest BCUT2D eigenvalue weighted by atomic mass is 16.5. The van der Waals surface area contributed by atoms with Gasteiger partial charge in [0.05, 0.1) is 23.7 Å². The van der Waals surface area contributed by atoms with E-state index >= 15 is 0 Å². The first-order valence-electron chi connectivity index (χ1n) is 12.8. The van der Waals surface area contributed by atoms with E-state index in [1.165, 1.54) is 4.68 Å². The zero-order valence-corrected chi connectivity index (χ0v) is 21.9. The van der Waals surface area contributed by atoms with E-state index < -0.39 is 12.1 Å². The molecule has 4 aromatic carbocycles. The van der Waals surface area contributed by atoms with E-state index in [0.29, 0.717) is 39.7 Å². The highest BCUT2D eigenvalue weighted by Gasteiger charge is 2.34. The molecule has 1 aliphatic rings. The number of aryl methyl sites for hydroxylation is 1. The Morgan fingerprint density at radius 3 is 2.42 bits per heavy atom. The second kappa shape index (κ2) is 10.8. The Morgan fingerprint density at radius 1 is 0.900 bits per heavy atom. The lowest BCUT2D eigenvalue weighted by Gasteiger charge is -2.25. The maximum Gasteiger partial charge on any atom is 0.280 e. The van der Waals surface area contributed by atoms with Crippen molar-refractivity contribution >= 4 is 28.1 Å². The number of hydrogen-bond donors (Lipinski definition) is 1. The Kier molecular flexibility index (Phi) is 6.76. The van der Waals surface area contributed by atoms with Crippen LogP contribution in [0.2, 0.25) is 0 Å². The minimum atomic E-state index is -0.751. The third-order valence-electron chi connectivity index (χ3n) is 6.59. The van der Waals surface area contributed by atoms with E-state index in [0.717, 1.165) is 11.3 Å². The lowest BCUT2D eigenvalue weighted by molar-refractivity contribution is 0.198. The monoisotopic (exact) mass is 530 g/mol. The summed E-state index contributed by atoms with van der Waals surface area (Å²) >= 11 is 0. The van der Waals surface area contributed by atoms with E-state index in [1.807, 2.05) is 97.1 Å². The Hall–Kier alpha value is -5.31. The van der Waals surface area contributed by atoms with Crippen LogP contribution in [-0.4, -0.2) is 28.6 Å². The van der Waals surface area contributed by atoms with Crippen LogP contribution in [0.25, 0.3) is 10.9 Å². The van der Waals surface area contributed by atoms with Crippen molar-refractivity contribution in [3.63, 3.8) is 0 Å². The number of nitrogens with one attached hydrogen (secondary N) is 1. The SMILES string of the molecule is COc1ccc(C2Oc3ccccc3N=C(Nn3c(C)nc4ccccc4c3=O)C2N=Nc2ccccc2)cc1. The molecule has 9 heteroatoms. The molecule has 0 radical (unpaired) electrons. The van der Waals surface area contributed by atoms with Gasteiger partial charge in [0.2, 0.25) is 0 Å². The van der Waals surface area contributed by atoms with Crippen LogP contribution in [-0.2, 0) is 0 Å². The van der Waals surface area contributed by atoms with Crippen LogP contribution >= 0.6 is 0 Å². The predicted molar refractivity (Wildman–Crippen MR) is 155 cm³/mol. The second-order valence-electron chi connectivity index (χ2n) is 9.20. The topological polar surface area (TPSA) is 102 Å². The van der Waals surface area contributed by atoms with Crippen molar-refractivity contribution in [3.05, 3.63) is 125 Å². The third kappa shape index (κ3) is 4.92. The molecule has 2 atom stereocenters. The number of ether oxygens (including phenoxy) is 2. The van der Waals surface area contributed by atoms with Crippen LogP contribution in [0.1, 0.15) is 17.5 Å². The summed E-state index contributed by atoms with van der Waals surface area (Å²) in [5.41, 5.74) is 5.72. The van der Waals surface area contributed by atoms with Crippen molar-refractivity contribution in [2.45, 2.75) is 19.1 Å². The molecule has 0 amide bonds. The largest absolute Gasteiger partial charge is 0.497 e. The molecule has 40 heavy (non-hydrogen) atoms. The molecule has 0 aliphatic carbocycles. The summed E-state index contributed by atoms with van der Waals surface area (Å²) in [5, 5.41) is 9.75. The van der Waals surface area contributed by atoms with E-state index in [2.05, 4.69) is 15.5 Å². The molecule has 5 aromatic rings. The zero-order chi connectivity index (χ0) is 27.5. The number of aliphatic imine (C=N–C) groups is 1. The summed E-state index contributed by atoms with van der Waals surface area (Å²) in [6.07, 6.45) is -0.627. The molecule has 6 rings (SSSR count). The Balaban J connectivity index is 1.52. The van der Waals surface area contributed by atoms with Gasteiger partial charge < -0.3 is 9.47 Å². The highest BCUT2D eigenvalue weighted by Crippen LogP contribution is 2.38. The van der Waals surface area contributed by atoms with Crippen LogP contribution in [0.15, 0.2) is 123 Å². The number of amidine groups is 1. The second-order valence-corrected chi connectivity index (χ2v) is 9.20. The highest BCUT2D eigenvalue weighted by molar-refractivity contribution is 5.98. The van der Waals surface area contributed by atoms with E-state index in [4.69, 9.17) is 19.6 Å². The van der Waals surface area contributed by atoms with Gasteiger partial charge in [0, 0.05) is 0 Å². The average Bonchev–Trinajstić information content (AvgIpc) is 3.15. The molecule has 1 aromatic heterocycles. The number of azo groups is 1. The number of rotatable bonds is 5. The molecule has 0 fully saturated rings. The number of nitrogens with zero attached hydrogens (tertiary/aromatic N) is 5. The summed E-state index contributed by atoms with van der Waals surface area (Å²) in [4.78, 5) is 23.1. The molecule has 0 bridgehead atoms. The molecule has 2 unspecified atom stereocenters. The average molecular weight is 531 g/mol. The van der Waals surface area contributed by atoms with Gasteiger partial charge in [-0.1, -0.05) is 54.6 Å². The van der Waals surface area contributed by atoms with Gasteiger partial charge in [0.1, 0.15) is 23.0 Å². The first-order chi connectivity index (χ1) is 19.6. The van der Waals surface area contributed by atoms with Crippen LogP contribution in [0, 0.1) is 6.92 Å². The molecule has 198 valence electrons. The first kappa shape index (κ1) is 25.0. The fraction of sp³-hybridized carbons (Fsp3) is 0.129. The summed E-state index contributed by atoms with van der Waals surface area (Å²) in [7, 11) is 1.62. The first-order valence-corrected chi connectivity index (χ1v) is 12.8. The molecule has 9 nitrogen and oxygen atoms in total. The summed E-state index contributed by atoms with van der Waals surface area (Å²) < 4.78 is 13.3. The number of benzene rings is 4. The molecule has 1 N–H and O–H groups in total. The van der Waals surface area contributed by atoms with Crippen LogP contribution in [0.5, 0.6) is 11.5 Å². The molecule has 0 saturated heterocycles. The number of hydrogen-bond acceptors (Lipinski definition) is 8. The fourth-order valence-electron chi connectivity index (χ4n) is 4.55. The molecule has 2 heterocycles. The van der Waals surface area contributed by atoms with Crippen molar-refractivity contribution in [1.29, 1.82) is 0 Å². The number of aromatic nitrogens is 2. The predicted octanol–water partition coefficient (Wildman–Crippen LogP) is 6.27. The quantitative estimate of drug-likeness (QED) is 0.270. The van der Waals surface area contributed by atoms with Gasteiger partial charge in [-0.2, -0.15) is 10.2 Å². The molecule has 0 spiro atoms. The van der Waals surface area contributed by atoms with E-state index in [-0.39, 0.29) is 5.56 Å². The maximum absolute atomic E-state index is 13.6. The zero-order valence-electron chi connectivity index (χ0n) is 21.9. The van der Waals surface area contributed by atoms with Crippen molar-refractivity contribution in [3.8, 4) is 11.5 Å². The minimum Gasteiger partial charge on any atom is -0.497 e. The van der Waals surface area contributed by atoms with Gasteiger partial charge in [0.25, 0.3) is 5.56 Å². The lowest BCUT2D eigenvalue weighted by atomic mass is 10.0. The van der Waals surface area contributed by atoms with Crippen molar-refractivity contribution in [2.24, 2.45) is 15.2 Å². The summed E-state index contributed by atoms with van der Waals surface area (Å²) in [6, 6.07) is 31.0. The number of fused-ring (bicyclic) bond motifs is 2. The molecule has 0 saturated carbocycles. The third-order valence-corrected chi connectivity index (χ3v) is 6.59. The fourth-order valence-corrected chi connectivity index (χ4v) is 4.55. The van der Waals surface area contributed by atoms with Crippen molar-refractivity contribution in [2.75, 3.05) is 12.5 Å². The molecular formula is C31H26N6O3. The Labute approximate surface area is 230 Å². The van der Waals surface area contributed by atoms with Gasteiger partial charge in [-0.25, -0.2) is 14.7 Å². The Morgan fingerprint density at radius 2 is 1.62 bits per heavy atom. The maximum atomic E-state index is 13.6. The lowest BCUT2D eigenvalue weighted by Crippen LogP contribution is -2.42. The molecular weight excluding hydrogens is 504 g/mol. The summed E-state index contributed by atoms with van der Waals surface area (Å²) in [6.45, 7) is 1.77. The normalized spacial score (nSPS) is 16.6. The molecule has 1 aliphatic heterocycles.